The van der Waals surface area contributed by atoms with Gasteiger partial charge in [-0.05, 0) is 25.1 Å². The lowest BCUT2D eigenvalue weighted by atomic mass is 10.1. The number of carbonyl (C=O) groups excluding carboxylic acids is 1. The molecule has 0 unspecified atom stereocenters. The Bertz CT molecular complexity index is 575. The van der Waals surface area contributed by atoms with Gasteiger partial charge >= 0.3 is 12.1 Å². The fraction of sp³-hybridized carbons (Fsp3) is 0.286. The van der Waals surface area contributed by atoms with Crippen LogP contribution in [0.1, 0.15) is 18.1 Å². The second kappa shape index (κ2) is 7.33. The first-order valence-electron chi connectivity index (χ1n) is 6.07. The highest BCUT2D eigenvalue weighted by molar-refractivity contribution is 5.81. The maximum Gasteiger partial charge on any atom is 0.417 e. The van der Waals surface area contributed by atoms with Crippen molar-refractivity contribution in [2.24, 2.45) is 0 Å². The number of hydrogen-bond acceptors (Lipinski definition) is 4. The van der Waals surface area contributed by atoms with Crippen LogP contribution < -0.4 is 5.32 Å². The van der Waals surface area contributed by atoms with Crippen molar-refractivity contribution in [3.05, 3.63) is 41.5 Å². The van der Waals surface area contributed by atoms with E-state index < -0.39 is 23.3 Å². The Hall–Kier alpha value is -2.49. The Labute approximate surface area is 119 Å². The smallest absolute Gasteiger partial charge is 0.417 e. The molecule has 0 aliphatic carbocycles. The lowest BCUT2D eigenvalue weighted by molar-refractivity contribution is -0.138. The van der Waals surface area contributed by atoms with Gasteiger partial charge in [0, 0.05) is 18.3 Å². The standard InChI is InChI=1S/C14H13F3N2O2/c1-2-21-13(20)4-3-7-19-11-6-5-10(9-18)12(8-11)14(15,16)17/h3-6,8,19H,2,7H2,1H3/b4-3+. The molecule has 0 aliphatic rings. The van der Waals surface area contributed by atoms with Crippen molar-refractivity contribution >= 4 is 11.7 Å². The van der Waals surface area contributed by atoms with Gasteiger partial charge in [0.25, 0.3) is 0 Å². The van der Waals surface area contributed by atoms with Crippen molar-refractivity contribution in [1.82, 2.24) is 0 Å². The van der Waals surface area contributed by atoms with E-state index in [-0.39, 0.29) is 18.8 Å². The largest absolute Gasteiger partial charge is 0.463 e. The van der Waals surface area contributed by atoms with Crippen LogP contribution in [0.3, 0.4) is 0 Å². The number of carbonyl (C=O) groups is 1. The number of benzene rings is 1. The van der Waals surface area contributed by atoms with Crippen LogP contribution in [0.25, 0.3) is 0 Å². The van der Waals surface area contributed by atoms with E-state index in [0.29, 0.717) is 0 Å². The molecule has 0 aromatic heterocycles. The molecule has 0 spiro atoms. The number of alkyl halides is 3. The highest BCUT2D eigenvalue weighted by atomic mass is 19.4. The molecule has 0 heterocycles. The van der Waals surface area contributed by atoms with E-state index in [0.717, 1.165) is 12.1 Å². The van der Waals surface area contributed by atoms with Gasteiger partial charge < -0.3 is 10.1 Å². The molecule has 0 radical (unpaired) electrons. The zero-order valence-corrected chi connectivity index (χ0v) is 11.2. The van der Waals surface area contributed by atoms with Crippen LogP contribution in [-0.4, -0.2) is 19.1 Å². The highest BCUT2D eigenvalue weighted by Crippen LogP contribution is 2.33. The fourth-order valence-electron chi connectivity index (χ4n) is 1.51. The summed E-state index contributed by atoms with van der Waals surface area (Å²) in [6, 6.07) is 4.83. The van der Waals surface area contributed by atoms with Crippen molar-refractivity contribution in [2.45, 2.75) is 13.1 Å². The van der Waals surface area contributed by atoms with Crippen molar-refractivity contribution in [2.75, 3.05) is 18.5 Å². The van der Waals surface area contributed by atoms with Gasteiger partial charge in [-0.15, -0.1) is 0 Å². The molecule has 21 heavy (non-hydrogen) atoms. The maximum absolute atomic E-state index is 12.7. The van der Waals surface area contributed by atoms with Gasteiger partial charge in [0.05, 0.1) is 23.8 Å². The van der Waals surface area contributed by atoms with Crippen molar-refractivity contribution in [3.8, 4) is 6.07 Å². The van der Waals surface area contributed by atoms with Crippen LogP contribution in [0.5, 0.6) is 0 Å². The summed E-state index contributed by atoms with van der Waals surface area (Å²) in [5.74, 6) is -0.518. The summed E-state index contributed by atoms with van der Waals surface area (Å²) in [7, 11) is 0. The van der Waals surface area contributed by atoms with Gasteiger partial charge in [-0.2, -0.15) is 18.4 Å². The molecule has 0 saturated carbocycles. The van der Waals surface area contributed by atoms with Gasteiger partial charge in [-0.25, -0.2) is 4.79 Å². The predicted molar refractivity (Wildman–Crippen MR) is 70.4 cm³/mol. The third-order valence-corrected chi connectivity index (χ3v) is 2.41. The van der Waals surface area contributed by atoms with Gasteiger partial charge in [0.2, 0.25) is 0 Å². The molecule has 1 rings (SSSR count). The summed E-state index contributed by atoms with van der Waals surface area (Å²) in [5, 5.41) is 11.4. The molecule has 112 valence electrons. The number of ether oxygens (including phenoxy) is 1. The Kier molecular flexibility index (Phi) is 5.79. The minimum Gasteiger partial charge on any atom is -0.463 e. The topological polar surface area (TPSA) is 62.1 Å². The Balaban J connectivity index is 2.74. The van der Waals surface area contributed by atoms with E-state index in [1.807, 2.05) is 0 Å². The minimum absolute atomic E-state index is 0.155. The summed E-state index contributed by atoms with van der Waals surface area (Å²) in [5.41, 5.74) is -1.23. The second-order valence-corrected chi connectivity index (χ2v) is 3.91. The van der Waals surface area contributed by atoms with E-state index in [9.17, 15) is 18.0 Å². The Morgan fingerprint density at radius 2 is 2.19 bits per heavy atom. The molecular formula is C14H13F3N2O2. The molecule has 0 amide bonds. The molecule has 1 aromatic carbocycles. The summed E-state index contributed by atoms with van der Waals surface area (Å²) in [6.45, 7) is 2.07. The Morgan fingerprint density at radius 1 is 1.48 bits per heavy atom. The molecule has 4 nitrogen and oxygen atoms in total. The lowest BCUT2D eigenvalue weighted by Gasteiger charge is -2.11. The number of nitriles is 1. The average Bonchev–Trinajstić information content (AvgIpc) is 2.43. The van der Waals surface area contributed by atoms with E-state index in [1.165, 1.54) is 24.3 Å². The molecule has 7 heteroatoms. The monoisotopic (exact) mass is 298 g/mol. The van der Waals surface area contributed by atoms with Crippen LogP contribution in [0.2, 0.25) is 0 Å². The van der Waals surface area contributed by atoms with E-state index >= 15 is 0 Å². The molecule has 1 aromatic rings. The van der Waals surface area contributed by atoms with Crippen LogP contribution in [-0.2, 0) is 15.7 Å². The normalized spacial score (nSPS) is 11.2. The molecule has 0 bridgehead atoms. The highest BCUT2D eigenvalue weighted by Gasteiger charge is 2.33. The van der Waals surface area contributed by atoms with Gasteiger partial charge in [0.1, 0.15) is 0 Å². The summed E-state index contributed by atoms with van der Waals surface area (Å²) in [4.78, 5) is 11.0. The number of rotatable bonds is 5. The van der Waals surface area contributed by atoms with Crippen LogP contribution in [0, 0.1) is 11.3 Å². The van der Waals surface area contributed by atoms with Crippen LogP contribution >= 0.6 is 0 Å². The first kappa shape index (κ1) is 16.6. The van der Waals surface area contributed by atoms with Crippen molar-refractivity contribution < 1.29 is 22.7 Å². The number of nitrogens with zero attached hydrogens (tertiary/aromatic N) is 1. The Morgan fingerprint density at radius 3 is 2.76 bits per heavy atom. The van der Waals surface area contributed by atoms with Gasteiger partial charge in [-0.3, -0.25) is 0 Å². The molecule has 0 fully saturated rings. The summed E-state index contributed by atoms with van der Waals surface area (Å²) >= 11 is 0. The zero-order valence-electron chi connectivity index (χ0n) is 11.2. The van der Waals surface area contributed by atoms with Gasteiger partial charge in [-0.1, -0.05) is 6.08 Å². The maximum atomic E-state index is 12.7. The quantitative estimate of drug-likeness (QED) is 0.670. The average molecular weight is 298 g/mol. The van der Waals surface area contributed by atoms with E-state index in [2.05, 4.69) is 10.1 Å². The van der Waals surface area contributed by atoms with E-state index in [1.54, 1.807) is 6.92 Å². The number of anilines is 1. The van der Waals surface area contributed by atoms with Crippen LogP contribution in [0.4, 0.5) is 18.9 Å². The molecule has 0 saturated heterocycles. The molecule has 0 aliphatic heterocycles. The summed E-state index contributed by atoms with van der Waals surface area (Å²) < 4.78 is 42.9. The second-order valence-electron chi connectivity index (χ2n) is 3.91. The summed E-state index contributed by atoms with van der Waals surface area (Å²) in [6.07, 6.45) is -1.97. The van der Waals surface area contributed by atoms with Crippen LogP contribution in [0.15, 0.2) is 30.4 Å². The zero-order chi connectivity index (χ0) is 15.9. The number of hydrogen-bond donors (Lipinski definition) is 1. The third kappa shape index (κ3) is 5.18. The molecular weight excluding hydrogens is 285 g/mol. The third-order valence-electron chi connectivity index (χ3n) is 2.41. The van der Waals surface area contributed by atoms with Crippen molar-refractivity contribution in [1.29, 1.82) is 5.26 Å². The fourth-order valence-corrected chi connectivity index (χ4v) is 1.51. The number of halogens is 3. The predicted octanol–water partition coefficient (Wildman–Crippen LogP) is 3.11. The number of esters is 1. The molecule has 0 atom stereocenters. The SMILES string of the molecule is CCOC(=O)/C=C/CNc1ccc(C#N)c(C(F)(F)F)c1. The minimum atomic E-state index is -4.59. The first-order chi connectivity index (χ1) is 9.88. The van der Waals surface area contributed by atoms with Gasteiger partial charge in [0.15, 0.2) is 0 Å². The lowest BCUT2D eigenvalue weighted by Crippen LogP contribution is -2.09. The van der Waals surface area contributed by atoms with Crippen molar-refractivity contribution in [3.63, 3.8) is 0 Å². The molecule has 1 N–H and O–H groups in total. The number of nitrogens with one attached hydrogen (secondary N) is 1. The first-order valence-corrected chi connectivity index (χ1v) is 6.07. The van der Waals surface area contributed by atoms with E-state index in [4.69, 9.17) is 5.26 Å².